The maximum Gasteiger partial charge on any atom is 0.196 e. The Bertz CT molecular complexity index is 701. The van der Waals surface area contributed by atoms with Crippen molar-refractivity contribution in [2.24, 2.45) is 0 Å². The Morgan fingerprint density at radius 2 is 1.94 bits per heavy atom. The van der Waals surface area contributed by atoms with Crippen molar-refractivity contribution in [2.45, 2.75) is 6.92 Å². The van der Waals surface area contributed by atoms with Crippen molar-refractivity contribution in [1.29, 1.82) is 0 Å². The van der Waals surface area contributed by atoms with E-state index in [2.05, 4.69) is 0 Å². The van der Waals surface area contributed by atoms with Gasteiger partial charge in [0.05, 0.1) is 6.26 Å². The van der Waals surface area contributed by atoms with E-state index < -0.39 is 0 Å². The van der Waals surface area contributed by atoms with Gasteiger partial charge in [-0.2, -0.15) is 0 Å². The van der Waals surface area contributed by atoms with Gasteiger partial charge in [-0.3, -0.25) is 4.79 Å². The lowest BCUT2D eigenvalue weighted by Gasteiger charge is -1.98. The van der Waals surface area contributed by atoms with E-state index in [9.17, 15) is 4.79 Å². The van der Waals surface area contributed by atoms with E-state index in [-0.39, 0.29) is 5.43 Å². The third-order valence-electron chi connectivity index (χ3n) is 2.73. The second-order valence-electron chi connectivity index (χ2n) is 3.86. The first-order chi connectivity index (χ1) is 8.25. The fourth-order valence-electron chi connectivity index (χ4n) is 1.91. The summed E-state index contributed by atoms with van der Waals surface area (Å²) in [6.07, 6.45) is 1.39. The number of furan rings is 1. The molecule has 0 atom stereocenters. The van der Waals surface area contributed by atoms with Crippen molar-refractivity contribution in [1.82, 2.24) is 0 Å². The van der Waals surface area contributed by atoms with Gasteiger partial charge in [-0.05, 0) is 19.1 Å². The van der Waals surface area contributed by atoms with E-state index >= 15 is 0 Å². The molecule has 2 heterocycles. The molecule has 0 aliphatic heterocycles. The second kappa shape index (κ2) is 3.63. The number of hydrogen-bond donors (Lipinski definition) is 0. The predicted molar refractivity (Wildman–Crippen MR) is 64.9 cm³/mol. The van der Waals surface area contributed by atoms with Crippen LogP contribution < -0.4 is 5.43 Å². The molecule has 3 aromatic rings. The number of benzene rings is 1. The second-order valence-corrected chi connectivity index (χ2v) is 3.86. The molecule has 0 radical (unpaired) electrons. The third-order valence-corrected chi connectivity index (χ3v) is 2.73. The van der Waals surface area contributed by atoms with Gasteiger partial charge < -0.3 is 8.83 Å². The van der Waals surface area contributed by atoms with Crippen LogP contribution in [0.2, 0.25) is 0 Å². The van der Waals surface area contributed by atoms with E-state index in [1.807, 2.05) is 30.3 Å². The summed E-state index contributed by atoms with van der Waals surface area (Å²) in [5.74, 6) is 1.12. The summed E-state index contributed by atoms with van der Waals surface area (Å²) >= 11 is 0. The van der Waals surface area contributed by atoms with E-state index in [1.54, 1.807) is 6.92 Å². The number of rotatable bonds is 1. The van der Waals surface area contributed by atoms with Crippen LogP contribution in [-0.2, 0) is 0 Å². The Balaban J connectivity index is 2.31. The first-order valence-corrected chi connectivity index (χ1v) is 5.33. The average Bonchev–Trinajstić information content (AvgIpc) is 2.71. The molecule has 0 aliphatic carbocycles. The molecular formula is C14H10O3. The molecule has 3 nitrogen and oxygen atoms in total. The lowest BCUT2D eigenvalue weighted by atomic mass is 10.1. The summed E-state index contributed by atoms with van der Waals surface area (Å²) in [6, 6.07) is 10.9. The molecule has 3 heteroatoms. The highest BCUT2D eigenvalue weighted by Crippen LogP contribution is 2.27. The van der Waals surface area contributed by atoms with Crippen LogP contribution in [-0.4, -0.2) is 0 Å². The number of fused-ring (bicyclic) bond motifs is 1. The van der Waals surface area contributed by atoms with Crippen LogP contribution in [0.1, 0.15) is 5.76 Å². The fourth-order valence-corrected chi connectivity index (χ4v) is 1.91. The highest BCUT2D eigenvalue weighted by Gasteiger charge is 2.13. The Labute approximate surface area is 97.3 Å². The minimum atomic E-state index is -0.0900. The fraction of sp³-hybridized carbons (Fsp3) is 0.0714. The maximum atomic E-state index is 11.8. The third kappa shape index (κ3) is 1.56. The van der Waals surface area contributed by atoms with E-state index in [1.165, 1.54) is 12.3 Å². The zero-order valence-electron chi connectivity index (χ0n) is 9.27. The molecule has 0 fully saturated rings. The molecule has 3 rings (SSSR count). The van der Waals surface area contributed by atoms with Gasteiger partial charge in [0, 0.05) is 11.5 Å². The standard InChI is InChI=1S/C14H10O3/c1-9-14(11(15)6-7-16-9)13-8-10-4-2-3-5-12(10)17-13/h2-8H,1H3. The summed E-state index contributed by atoms with van der Waals surface area (Å²) in [5, 5.41) is 0.977. The lowest BCUT2D eigenvalue weighted by Crippen LogP contribution is -2.03. The van der Waals surface area contributed by atoms with Gasteiger partial charge in [0.1, 0.15) is 22.7 Å². The normalized spacial score (nSPS) is 10.9. The van der Waals surface area contributed by atoms with E-state index in [0.29, 0.717) is 17.1 Å². The van der Waals surface area contributed by atoms with Gasteiger partial charge in [0.25, 0.3) is 0 Å². The van der Waals surface area contributed by atoms with Gasteiger partial charge in [-0.1, -0.05) is 18.2 Å². The van der Waals surface area contributed by atoms with Crippen LogP contribution in [0.3, 0.4) is 0 Å². The molecule has 84 valence electrons. The van der Waals surface area contributed by atoms with Crippen molar-refractivity contribution in [3.63, 3.8) is 0 Å². The Kier molecular flexibility index (Phi) is 2.11. The van der Waals surface area contributed by atoms with Crippen molar-refractivity contribution < 1.29 is 8.83 Å². The van der Waals surface area contributed by atoms with Crippen molar-refractivity contribution in [2.75, 3.05) is 0 Å². The Morgan fingerprint density at radius 3 is 2.71 bits per heavy atom. The predicted octanol–water partition coefficient (Wildman–Crippen LogP) is 3.36. The van der Waals surface area contributed by atoms with Gasteiger partial charge in [-0.25, -0.2) is 0 Å². The summed E-state index contributed by atoms with van der Waals surface area (Å²) in [6.45, 7) is 1.75. The van der Waals surface area contributed by atoms with Crippen LogP contribution in [0.15, 0.2) is 56.3 Å². The number of hydrogen-bond acceptors (Lipinski definition) is 3. The summed E-state index contributed by atoms with van der Waals surface area (Å²) < 4.78 is 10.9. The van der Waals surface area contributed by atoms with Crippen molar-refractivity contribution >= 4 is 11.0 Å². The van der Waals surface area contributed by atoms with Crippen molar-refractivity contribution in [3.05, 3.63) is 58.6 Å². The Hall–Kier alpha value is -2.29. The summed E-state index contributed by atoms with van der Waals surface area (Å²) in [7, 11) is 0. The molecule has 0 amide bonds. The Morgan fingerprint density at radius 1 is 1.12 bits per heavy atom. The molecule has 0 bridgehead atoms. The quantitative estimate of drug-likeness (QED) is 0.639. The zero-order chi connectivity index (χ0) is 11.8. The topological polar surface area (TPSA) is 43.4 Å². The number of para-hydroxylation sites is 1. The minimum Gasteiger partial charge on any atom is -0.469 e. The van der Waals surface area contributed by atoms with Gasteiger partial charge in [-0.15, -0.1) is 0 Å². The molecule has 0 spiro atoms. The van der Waals surface area contributed by atoms with Crippen LogP contribution in [0, 0.1) is 6.92 Å². The summed E-state index contributed by atoms with van der Waals surface area (Å²) in [5.41, 5.74) is 1.17. The molecule has 1 aromatic carbocycles. The van der Waals surface area contributed by atoms with E-state index in [4.69, 9.17) is 8.83 Å². The first kappa shape index (κ1) is 9.90. The van der Waals surface area contributed by atoms with Crippen LogP contribution in [0.4, 0.5) is 0 Å². The first-order valence-electron chi connectivity index (χ1n) is 5.33. The smallest absolute Gasteiger partial charge is 0.196 e. The van der Waals surface area contributed by atoms with Crippen LogP contribution in [0.5, 0.6) is 0 Å². The minimum absolute atomic E-state index is 0.0900. The lowest BCUT2D eigenvalue weighted by molar-refractivity contribution is 0.512. The van der Waals surface area contributed by atoms with Crippen LogP contribution in [0.25, 0.3) is 22.3 Å². The average molecular weight is 226 g/mol. The highest BCUT2D eigenvalue weighted by atomic mass is 16.3. The highest BCUT2D eigenvalue weighted by molar-refractivity contribution is 5.82. The molecule has 0 unspecified atom stereocenters. The monoisotopic (exact) mass is 226 g/mol. The molecule has 2 aromatic heterocycles. The largest absolute Gasteiger partial charge is 0.469 e. The van der Waals surface area contributed by atoms with Gasteiger partial charge in [0.15, 0.2) is 5.43 Å². The molecule has 0 saturated carbocycles. The maximum absolute atomic E-state index is 11.8. The SMILES string of the molecule is Cc1occc(=O)c1-c1cc2ccccc2o1. The molecule has 0 N–H and O–H groups in total. The molecule has 0 saturated heterocycles. The molecular weight excluding hydrogens is 216 g/mol. The molecule has 17 heavy (non-hydrogen) atoms. The van der Waals surface area contributed by atoms with Crippen molar-refractivity contribution in [3.8, 4) is 11.3 Å². The zero-order valence-corrected chi connectivity index (χ0v) is 9.27. The van der Waals surface area contributed by atoms with Gasteiger partial charge >= 0.3 is 0 Å². The van der Waals surface area contributed by atoms with E-state index in [0.717, 1.165) is 11.0 Å². The number of aryl methyl sites for hydroxylation is 1. The summed E-state index contributed by atoms with van der Waals surface area (Å²) in [4.78, 5) is 11.8. The van der Waals surface area contributed by atoms with Crippen LogP contribution >= 0.6 is 0 Å². The molecule has 0 aliphatic rings. The van der Waals surface area contributed by atoms with Gasteiger partial charge in [0.2, 0.25) is 0 Å².